The highest BCUT2D eigenvalue weighted by Gasteiger charge is 2.22. The molecule has 0 unspecified atom stereocenters. The monoisotopic (exact) mass is 456 g/mol. The Kier molecular flexibility index (Phi) is 7.13. The van der Waals surface area contributed by atoms with E-state index in [0.29, 0.717) is 41.4 Å². The van der Waals surface area contributed by atoms with Gasteiger partial charge in [0.25, 0.3) is 5.91 Å². The molecule has 1 heterocycles. The van der Waals surface area contributed by atoms with Gasteiger partial charge in [-0.05, 0) is 42.5 Å². The van der Waals surface area contributed by atoms with E-state index in [1.807, 2.05) is 85.9 Å². The Labute approximate surface area is 199 Å². The molecule has 7 nitrogen and oxygen atoms in total. The number of rotatable bonds is 9. The van der Waals surface area contributed by atoms with Gasteiger partial charge in [-0.2, -0.15) is 5.10 Å². The van der Waals surface area contributed by atoms with Crippen LogP contribution in [-0.2, 0) is 0 Å². The Bertz CT molecular complexity index is 1240. The van der Waals surface area contributed by atoms with Crippen molar-refractivity contribution in [2.75, 3.05) is 39.3 Å². The smallest absolute Gasteiger partial charge is 0.255 e. The number of methoxy groups -OCH3 is 2. The predicted octanol–water partition coefficient (Wildman–Crippen LogP) is 4.42. The highest BCUT2D eigenvalue weighted by molar-refractivity contribution is 6.00. The van der Waals surface area contributed by atoms with Crippen LogP contribution in [0.3, 0.4) is 0 Å². The normalized spacial score (nSPS) is 10.6. The summed E-state index contributed by atoms with van der Waals surface area (Å²) in [5, 5.41) is 7.79. The number of likely N-dealkylation sites (N-methyl/N-ethyl adjacent to an activating group) is 1. The van der Waals surface area contributed by atoms with Gasteiger partial charge in [0.05, 0.1) is 25.5 Å². The Balaban J connectivity index is 1.63. The van der Waals surface area contributed by atoms with Crippen molar-refractivity contribution in [2.24, 2.45) is 0 Å². The molecule has 0 radical (unpaired) electrons. The lowest BCUT2D eigenvalue weighted by molar-refractivity contribution is 0.0955. The Morgan fingerprint density at radius 1 is 0.971 bits per heavy atom. The summed E-state index contributed by atoms with van der Waals surface area (Å²) in [5.74, 6) is 1.06. The van der Waals surface area contributed by atoms with E-state index in [1.165, 1.54) is 0 Å². The molecule has 4 aromatic rings. The molecule has 0 spiro atoms. The number of nitrogens with one attached hydrogen (secondary N) is 1. The molecule has 0 bridgehead atoms. The lowest BCUT2D eigenvalue weighted by Gasteiger charge is -2.19. The summed E-state index contributed by atoms with van der Waals surface area (Å²) >= 11 is 0. The highest BCUT2D eigenvalue weighted by Crippen LogP contribution is 2.35. The second-order valence-electron chi connectivity index (χ2n) is 7.75. The molecule has 1 aromatic heterocycles. The number of anilines is 1. The fourth-order valence-electron chi connectivity index (χ4n) is 3.70. The minimum atomic E-state index is -0.205. The number of hydrogen-bond acceptors (Lipinski definition) is 5. The molecule has 34 heavy (non-hydrogen) atoms. The van der Waals surface area contributed by atoms with Crippen LogP contribution in [-0.4, -0.2) is 50.0 Å². The molecule has 0 aliphatic carbocycles. The summed E-state index contributed by atoms with van der Waals surface area (Å²) in [6.07, 6.45) is 1.75. The molecule has 7 heteroatoms. The van der Waals surface area contributed by atoms with Crippen LogP contribution in [0, 0.1) is 0 Å². The molecule has 1 N–H and O–H groups in total. The third-order valence-corrected chi connectivity index (χ3v) is 5.57. The number of carbonyl (C=O) groups excluding carboxylic acids is 1. The van der Waals surface area contributed by atoms with Gasteiger partial charge in [0.1, 0.15) is 17.2 Å². The van der Waals surface area contributed by atoms with Crippen LogP contribution < -0.4 is 19.7 Å². The van der Waals surface area contributed by atoms with Gasteiger partial charge < -0.3 is 19.7 Å². The number of ether oxygens (including phenoxy) is 2. The maximum absolute atomic E-state index is 13.3. The van der Waals surface area contributed by atoms with Crippen molar-refractivity contribution in [3.8, 4) is 28.4 Å². The summed E-state index contributed by atoms with van der Waals surface area (Å²) in [4.78, 5) is 15.4. The second kappa shape index (κ2) is 10.6. The van der Waals surface area contributed by atoms with Crippen molar-refractivity contribution < 1.29 is 14.3 Å². The van der Waals surface area contributed by atoms with Crippen LogP contribution >= 0.6 is 0 Å². The second-order valence-corrected chi connectivity index (χ2v) is 7.75. The molecule has 3 aromatic carbocycles. The average Bonchev–Trinajstić information content (AvgIpc) is 3.35. The van der Waals surface area contributed by atoms with Crippen molar-refractivity contribution in [3.63, 3.8) is 0 Å². The van der Waals surface area contributed by atoms with Gasteiger partial charge in [-0.3, -0.25) is 4.79 Å². The number of aromatic nitrogens is 2. The van der Waals surface area contributed by atoms with E-state index in [-0.39, 0.29) is 5.91 Å². The van der Waals surface area contributed by atoms with E-state index in [1.54, 1.807) is 25.1 Å². The number of para-hydroxylation sites is 2. The minimum Gasteiger partial charge on any atom is -0.497 e. The van der Waals surface area contributed by atoms with E-state index >= 15 is 0 Å². The molecule has 1 amide bonds. The lowest BCUT2D eigenvalue weighted by Crippen LogP contribution is -2.33. The number of carbonyl (C=O) groups is 1. The highest BCUT2D eigenvalue weighted by atomic mass is 16.5. The molecule has 4 rings (SSSR count). The maximum atomic E-state index is 13.3. The molecule has 174 valence electrons. The van der Waals surface area contributed by atoms with Gasteiger partial charge in [0, 0.05) is 37.6 Å². The zero-order chi connectivity index (χ0) is 23.9. The quantitative estimate of drug-likeness (QED) is 0.404. The summed E-state index contributed by atoms with van der Waals surface area (Å²) in [6.45, 7) is 1.15. The van der Waals surface area contributed by atoms with E-state index in [0.717, 1.165) is 11.4 Å². The molecule has 0 aliphatic rings. The fourth-order valence-corrected chi connectivity index (χ4v) is 3.70. The van der Waals surface area contributed by atoms with Gasteiger partial charge in [0.15, 0.2) is 0 Å². The first-order valence-electron chi connectivity index (χ1n) is 11.0. The van der Waals surface area contributed by atoms with Crippen LogP contribution in [0.2, 0.25) is 0 Å². The van der Waals surface area contributed by atoms with Gasteiger partial charge in [-0.15, -0.1) is 0 Å². The lowest BCUT2D eigenvalue weighted by atomic mass is 10.1. The first-order chi connectivity index (χ1) is 16.6. The van der Waals surface area contributed by atoms with Crippen LogP contribution in [0.25, 0.3) is 16.9 Å². The number of nitrogens with zero attached hydrogens (tertiary/aromatic N) is 3. The third kappa shape index (κ3) is 5.04. The minimum absolute atomic E-state index is 0.205. The van der Waals surface area contributed by atoms with Gasteiger partial charge in [-0.1, -0.05) is 36.4 Å². The first-order valence-corrected chi connectivity index (χ1v) is 11.0. The van der Waals surface area contributed by atoms with E-state index in [4.69, 9.17) is 14.6 Å². The van der Waals surface area contributed by atoms with E-state index < -0.39 is 0 Å². The zero-order valence-corrected chi connectivity index (χ0v) is 19.6. The zero-order valence-electron chi connectivity index (χ0n) is 19.6. The Hall–Kier alpha value is -4.26. The molecule has 0 atom stereocenters. The number of amides is 1. The number of hydrogen-bond donors (Lipinski definition) is 1. The van der Waals surface area contributed by atoms with Crippen molar-refractivity contribution >= 4 is 11.6 Å². The van der Waals surface area contributed by atoms with Crippen LogP contribution in [0.5, 0.6) is 11.5 Å². The average molecular weight is 457 g/mol. The van der Waals surface area contributed by atoms with Crippen molar-refractivity contribution in [3.05, 3.63) is 90.6 Å². The van der Waals surface area contributed by atoms with Crippen LogP contribution in [0.4, 0.5) is 5.69 Å². The molecule has 0 saturated heterocycles. The van der Waals surface area contributed by atoms with Gasteiger partial charge in [0.2, 0.25) is 0 Å². The third-order valence-electron chi connectivity index (χ3n) is 5.57. The van der Waals surface area contributed by atoms with Crippen LogP contribution in [0.15, 0.2) is 85.1 Å². The van der Waals surface area contributed by atoms with Crippen LogP contribution in [0.1, 0.15) is 10.4 Å². The molecular weight excluding hydrogens is 428 g/mol. The van der Waals surface area contributed by atoms with Gasteiger partial charge >= 0.3 is 0 Å². The maximum Gasteiger partial charge on any atom is 0.255 e. The standard InChI is InChI=1S/C27H28N4O3/c1-30(20-10-6-4-7-11-20)17-16-28-27(32)24-19-31(21-12-8-5-9-13-21)29-26(24)23-18-22(33-2)14-15-25(23)34-3/h4-15,18-19H,16-17H2,1-3H3,(H,28,32). The predicted molar refractivity (Wildman–Crippen MR) is 134 cm³/mol. The van der Waals surface area contributed by atoms with Crippen molar-refractivity contribution in [1.29, 1.82) is 0 Å². The van der Waals surface area contributed by atoms with E-state index in [2.05, 4.69) is 10.2 Å². The Morgan fingerprint density at radius 3 is 2.35 bits per heavy atom. The summed E-state index contributed by atoms with van der Waals surface area (Å²) in [5.41, 5.74) is 3.61. The molecule has 0 fully saturated rings. The molecule has 0 aliphatic heterocycles. The molecular formula is C27H28N4O3. The van der Waals surface area contributed by atoms with E-state index in [9.17, 15) is 4.79 Å². The van der Waals surface area contributed by atoms with Gasteiger partial charge in [-0.25, -0.2) is 4.68 Å². The topological polar surface area (TPSA) is 68.6 Å². The van der Waals surface area contributed by atoms with Crippen molar-refractivity contribution in [2.45, 2.75) is 0 Å². The number of benzene rings is 3. The Morgan fingerprint density at radius 2 is 1.68 bits per heavy atom. The SMILES string of the molecule is COc1ccc(OC)c(-c2nn(-c3ccccc3)cc2C(=O)NCCN(C)c2ccccc2)c1. The summed E-state index contributed by atoms with van der Waals surface area (Å²) < 4.78 is 12.7. The summed E-state index contributed by atoms with van der Waals surface area (Å²) in [6, 6.07) is 25.2. The summed E-state index contributed by atoms with van der Waals surface area (Å²) in [7, 11) is 5.20. The largest absolute Gasteiger partial charge is 0.497 e. The molecule has 0 saturated carbocycles. The van der Waals surface area contributed by atoms with Crippen molar-refractivity contribution in [1.82, 2.24) is 15.1 Å². The fraction of sp³-hybridized carbons (Fsp3) is 0.185. The first kappa shape index (κ1) is 22.9.